The molecule has 0 saturated heterocycles. The lowest BCUT2D eigenvalue weighted by Crippen LogP contribution is -2.49. The fourth-order valence-electron chi connectivity index (χ4n) is 2.86. The van der Waals surface area contributed by atoms with Gasteiger partial charge in [0.2, 0.25) is 15.9 Å². The first-order chi connectivity index (χ1) is 12.6. The number of nitrogens with one attached hydrogen (secondary N) is 1. The summed E-state index contributed by atoms with van der Waals surface area (Å²) >= 11 is 12.0. The fraction of sp³-hybridized carbons (Fsp3) is 0.316. The topological polar surface area (TPSA) is 66.5 Å². The van der Waals surface area contributed by atoms with Gasteiger partial charge in [-0.25, -0.2) is 8.42 Å². The first kappa shape index (κ1) is 21.5. The van der Waals surface area contributed by atoms with E-state index in [0.717, 1.165) is 21.7 Å². The molecule has 0 aliphatic heterocycles. The van der Waals surface area contributed by atoms with Gasteiger partial charge in [0, 0.05) is 16.6 Å². The van der Waals surface area contributed by atoms with Crippen LogP contribution in [0.2, 0.25) is 10.0 Å². The Morgan fingerprint density at radius 3 is 2.30 bits per heavy atom. The van der Waals surface area contributed by atoms with Gasteiger partial charge in [0.15, 0.2) is 0 Å². The minimum atomic E-state index is -3.74. The molecule has 0 heterocycles. The normalized spacial score (nSPS) is 12.5. The van der Waals surface area contributed by atoms with Crippen molar-refractivity contribution in [2.75, 3.05) is 10.6 Å². The Morgan fingerprint density at radius 1 is 1.15 bits per heavy atom. The molecule has 27 heavy (non-hydrogen) atoms. The van der Waals surface area contributed by atoms with Crippen LogP contribution in [0, 0.1) is 6.92 Å². The molecule has 0 spiro atoms. The highest BCUT2D eigenvalue weighted by molar-refractivity contribution is 7.92. The number of sulfonamides is 1. The van der Waals surface area contributed by atoms with Crippen LogP contribution in [-0.2, 0) is 21.4 Å². The zero-order valence-corrected chi connectivity index (χ0v) is 17.7. The number of benzene rings is 2. The van der Waals surface area contributed by atoms with Crippen molar-refractivity contribution in [2.45, 2.75) is 32.9 Å². The van der Waals surface area contributed by atoms with Gasteiger partial charge >= 0.3 is 0 Å². The van der Waals surface area contributed by atoms with Crippen molar-refractivity contribution in [3.8, 4) is 0 Å². The van der Waals surface area contributed by atoms with Crippen LogP contribution in [0.15, 0.2) is 42.5 Å². The van der Waals surface area contributed by atoms with E-state index in [1.165, 1.54) is 18.2 Å². The molecule has 1 amide bonds. The molecule has 1 atom stereocenters. The number of carbonyl (C=O) groups is 1. The molecule has 1 N–H and O–H groups in total. The summed E-state index contributed by atoms with van der Waals surface area (Å²) < 4.78 is 25.9. The molecule has 8 heteroatoms. The molecule has 0 aromatic heterocycles. The standard InChI is InChI=1S/C19H22Cl2N2O3S/c1-4-18(19(24)22-12-14-7-5-6-13(2)8-14)23(27(3,25)26)17-10-15(20)9-16(21)11-17/h5-11,18H,4,12H2,1-3H3,(H,22,24). The van der Waals surface area contributed by atoms with E-state index >= 15 is 0 Å². The maximum absolute atomic E-state index is 12.8. The summed E-state index contributed by atoms with van der Waals surface area (Å²) in [5.41, 5.74) is 2.28. The summed E-state index contributed by atoms with van der Waals surface area (Å²) in [5.74, 6) is -0.388. The van der Waals surface area contributed by atoms with Gasteiger partial charge in [-0.3, -0.25) is 9.10 Å². The third kappa shape index (κ3) is 5.86. The van der Waals surface area contributed by atoms with Crippen LogP contribution in [0.25, 0.3) is 0 Å². The van der Waals surface area contributed by atoms with E-state index in [2.05, 4.69) is 5.32 Å². The molecule has 0 aliphatic carbocycles. The molecule has 0 fully saturated rings. The van der Waals surface area contributed by atoms with Crippen molar-refractivity contribution in [3.05, 3.63) is 63.6 Å². The number of hydrogen-bond acceptors (Lipinski definition) is 3. The molecule has 5 nitrogen and oxygen atoms in total. The van der Waals surface area contributed by atoms with Gasteiger partial charge in [0.05, 0.1) is 11.9 Å². The molecule has 1 unspecified atom stereocenters. The van der Waals surface area contributed by atoms with Crippen LogP contribution in [-0.4, -0.2) is 26.6 Å². The lowest BCUT2D eigenvalue weighted by molar-refractivity contribution is -0.122. The lowest BCUT2D eigenvalue weighted by atomic mass is 10.1. The minimum absolute atomic E-state index is 0.257. The zero-order valence-electron chi connectivity index (χ0n) is 15.4. The SMILES string of the molecule is CCC(C(=O)NCc1cccc(C)c1)N(c1cc(Cl)cc(Cl)c1)S(C)(=O)=O. The van der Waals surface area contributed by atoms with Crippen LogP contribution in [0.5, 0.6) is 0 Å². The summed E-state index contributed by atoms with van der Waals surface area (Å²) in [6, 6.07) is 11.3. The smallest absolute Gasteiger partial charge is 0.244 e. The highest BCUT2D eigenvalue weighted by Gasteiger charge is 2.31. The molecular weight excluding hydrogens is 407 g/mol. The first-order valence-electron chi connectivity index (χ1n) is 8.40. The van der Waals surface area contributed by atoms with Crippen LogP contribution < -0.4 is 9.62 Å². The minimum Gasteiger partial charge on any atom is -0.350 e. The maximum atomic E-state index is 12.8. The molecular formula is C19H22Cl2N2O3S. The van der Waals surface area contributed by atoms with Crippen molar-refractivity contribution in [1.82, 2.24) is 5.32 Å². The lowest BCUT2D eigenvalue weighted by Gasteiger charge is -2.30. The van der Waals surface area contributed by atoms with Crippen molar-refractivity contribution >= 4 is 44.8 Å². The molecule has 2 aromatic carbocycles. The Kier molecular flexibility index (Phi) is 7.14. The van der Waals surface area contributed by atoms with E-state index in [4.69, 9.17) is 23.2 Å². The summed E-state index contributed by atoms with van der Waals surface area (Å²) in [7, 11) is -3.74. The average Bonchev–Trinajstić information content (AvgIpc) is 2.55. The number of amides is 1. The number of nitrogens with zero attached hydrogens (tertiary/aromatic N) is 1. The Hall–Kier alpha value is -1.76. The van der Waals surface area contributed by atoms with Crippen LogP contribution in [0.4, 0.5) is 5.69 Å². The predicted octanol–water partition coefficient (Wildman–Crippen LogP) is 4.16. The van der Waals surface area contributed by atoms with Crippen LogP contribution >= 0.6 is 23.2 Å². The molecule has 2 aromatic rings. The molecule has 0 saturated carbocycles. The van der Waals surface area contributed by atoms with E-state index in [9.17, 15) is 13.2 Å². The third-order valence-electron chi connectivity index (χ3n) is 3.98. The Labute approximate surface area is 170 Å². The van der Waals surface area contributed by atoms with Gasteiger partial charge in [0.25, 0.3) is 0 Å². The number of rotatable bonds is 7. The molecule has 0 bridgehead atoms. The molecule has 0 radical (unpaired) electrons. The number of anilines is 1. The number of halogens is 2. The monoisotopic (exact) mass is 428 g/mol. The van der Waals surface area contributed by atoms with E-state index in [1.54, 1.807) is 6.92 Å². The average molecular weight is 429 g/mol. The van der Waals surface area contributed by atoms with Crippen molar-refractivity contribution < 1.29 is 13.2 Å². The van der Waals surface area contributed by atoms with E-state index in [1.807, 2.05) is 31.2 Å². The summed E-state index contributed by atoms with van der Waals surface area (Å²) in [5, 5.41) is 3.40. The van der Waals surface area contributed by atoms with Crippen molar-refractivity contribution in [1.29, 1.82) is 0 Å². The molecule has 2 rings (SSSR count). The number of hydrogen-bond donors (Lipinski definition) is 1. The Balaban J connectivity index is 2.30. The van der Waals surface area contributed by atoms with Gasteiger partial charge in [-0.2, -0.15) is 0 Å². The second-order valence-electron chi connectivity index (χ2n) is 6.32. The van der Waals surface area contributed by atoms with Gasteiger partial charge in [-0.15, -0.1) is 0 Å². The van der Waals surface area contributed by atoms with Crippen LogP contribution in [0.3, 0.4) is 0 Å². The second-order valence-corrected chi connectivity index (χ2v) is 9.05. The van der Waals surface area contributed by atoms with Gasteiger partial charge in [-0.1, -0.05) is 60.0 Å². The van der Waals surface area contributed by atoms with E-state index in [-0.39, 0.29) is 18.0 Å². The van der Waals surface area contributed by atoms with Gasteiger partial charge < -0.3 is 5.32 Å². The summed E-state index contributed by atoms with van der Waals surface area (Å²) in [4.78, 5) is 12.8. The highest BCUT2D eigenvalue weighted by Crippen LogP contribution is 2.29. The number of carbonyl (C=O) groups excluding carboxylic acids is 1. The second kappa shape index (κ2) is 8.95. The molecule has 0 aliphatic rings. The fourth-order valence-corrected chi connectivity index (χ4v) is 4.57. The number of aryl methyl sites for hydroxylation is 1. The van der Waals surface area contributed by atoms with Gasteiger partial charge in [0.1, 0.15) is 6.04 Å². The van der Waals surface area contributed by atoms with Crippen molar-refractivity contribution in [2.24, 2.45) is 0 Å². The molecule has 146 valence electrons. The Morgan fingerprint density at radius 2 is 1.78 bits per heavy atom. The summed E-state index contributed by atoms with van der Waals surface area (Å²) in [6.07, 6.45) is 1.34. The maximum Gasteiger partial charge on any atom is 0.244 e. The van der Waals surface area contributed by atoms with Crippen molar-refractivity contribution in [3.63, 3.8) is 0 Å². The van der Waals surface area contributed by atoms with Gasteiger partial charge in [-0.05, 0) is 37.1 Å². The zero-order chi connectivity index (χ0) is 20.2. The first-order valence-corrected chi connectivity index (χ1v) is 11.0. The quantitative estimate of drug-likeness (QED) is 0.719. The largest absolute Gasteiger partial charge is 0.350 e. The predicted molar refractivity (Wildman–Crippen MR) is 111 cm³/mol. The van der Waals surface area contributed by atoms with Crippen LogP contribution in [0.1, 0.15) is 24.5 Å². The summed E-state index contributed by atoms with van der Waals surface area (Å²) in [6.45, 7) is 4.03. The van der Waals surface area contributed by atoms with E-state index < -0.39 is 16.1 Å². The van der Waals surface area contributed by atoms with E-state index in [0.29, 0.717) is 16.6 Å². The third-order valence-corrected chi connectivity index (χ3v) is 5.60. The highest BCUT2D eigenvalue weighted by atomic mass is 35.5. The Bertz CT molecular complexity index is 912.